The lowest BCUT2D eigenvalue weighted by molar-refractivity contribution is 0.592. The van der Waals surface area contributed by atoms with Crippen molar-refractivity contribution < 1.29 is 0 Å². The minimum atomic E-state index is 0.595. The van der Waals surface area contributed by atoms with Crippen LogP contribution in [0.1, 0.15) is 42.0 Å². The Morgan fingerprint density at radius 3 is 2.31 bits per heavy atom. The third-order valence-corrected chi connectivity index (χ3v) is 4.79. The summed E-state index contributed by atoms with van der Waals surface area (Å²) in [6, 6.07) is 13.4. The number of unbranched alkanes of at least 4 members (excludes halogenated alkanes) is 1. The fourth-order valence-electron chi connectivity index (χ4n) is 3.47. The monoisotopic (exact) mass is 386 g/mol. The molecule has 0 aliphatic rings. The average Bonchev–Trinajstić information content (AvgIpc) is 3.08. The molecule has 0 N–H and O–H groups in total. The van der Waals surface area contributed by atoms with Gasteiger partial charge in [0.2, 0.25) is 5.62 Å². The highest BCUT2D eigenvalue weighted by molar-refractivity contribution is 5.49. The number of aromatic nitrogens is 2. The highest BCUT2D eigenvalue weighted by Gasteiger charge is 2.10. The average molecular weight is 387 g/mol. The van der Waals surface area contributed by atoms with Gasteiger partial charge in [-0.2, -0.15) is 5.26 Å². The van der Waals surface area contributed by atoms with Crippen LogP contribution in [0.25, 0.3) is 5.69 Å². The van der Waals surface area contributed by atoms with Crippen LogP contribution in [0.5, 0.6) is 0 Å². The molecule has 0 unspecified atom stereocenters. The van der Waals surface area contributed by atoms with Crippen molar-refractivity contribution in [3.63, 3.8) is 0 Å². The topological polar surface area (TPSA) is 70.7 Å². The molecule has 0 bridgehead atoms. The third-order valence-electron chi connectivity index (χ3n) is 4.79. The van der Waals surface area contributed by atoms with E-state index in [9.17, 15) is 0 Å². The SMILES string of the molecule is CCCCn1ccn(-c2c(C)cc(C)cc2C)/c1=N\N=Nc1ccc(C#N)cc1. The first kappa shape index (κ1) is 20.3. The molecule has 1 aromatic heterocycles. The first-order valence-electron chi connectivity index (χ1n) is 9.84. The number of benzene rings is 2. The summed E-state index contributed by atoms with van der Waals surface area (Å²) < 4.78 is 4.19. The van der Waals surface area contributed by atoms with E-state index in [0.29, 0.717) is 11.3 Å². The number of rotatable bonds is 6. The predicted octanol–water partition coefficient (Wildman–Crippen LogP) is 5.48. The lowest BCUT2D eigenvalue weighted by Crippen LogP contribution is -2.25. The smallest absolute Gasteiger partial charge is 0.236 e. The van der Waals surface area contributed by atoms with Crippen LogP contribution in [0.4, 0.5) is 5.69 Å². The Balaban J connectivity index is 2.05. The molecule has 2 aromatic carbocycles. The summed E-state index contributed by atoms with van der Waals surface area (Å²) in [4.78, 5) is 0. The van der Waals surface area contributed by atoms with Gasteiger partial charge >= 0.3 is 0 Å². The van der Waals surface area contributed by atoms with Crippen LogP contribution in [-0.4, -0.2) is 9.13 Å². The summed E-state index contributed by atoms with van der Waals surface area (Å²) in [5, 5.41) is 21.7. The van der Waals surface area contributed by atoms with Crippen molar-refractivity contribution in [3.05, 3.63) is 76.7 Å². The summed E-state index contributed by atoms with van der Waals surface area (Å²) >= 11 is 0. The second-order valence-corrected chi connectivity index (χ2v) is 7.21. The lowest BCUT2D eigenvalue weighted by atomic mass is 10.1. The molecule has 0 radical (unpaired) electrons. The van der Waals surface area contributed by atoms with Gasteiger partial charge in [-0.15, -0.1) is 5.11 Å². The van der Waals surface area contributed by atoms with Crippen LogP contribution in [-0.2, 0) is 6.54 Å². The quantitative estimate of drug-likeness (QED) is 0.409. The highest BCUT2D eigenvalue weighted by atomic mass is 15.4. The van der Waals surface area contributed by atoms with E-state index < -0.39 is 0 Å². The van der Waals surface area contributed by atoms with Crippen molar-refractivity contribution in [1.29, 1.82) is 5.26 Å². The van der Waals surface area contributed by atoms with E-state index in [1.165, 1.54) is 16.7 Å². The maximum absolute atomic E-state index is 8.90. The Labute approximate surface area is 171 Å². The van der Waals surface area contributed by atoms with E-state index in [1.54, 1.807) is 24.3 Å². The number of hydrogen-bond donors (Lipinski definition) is 0. The molecule has 6 nitrogen and oxygen atoms in total. The Morgan fingerprint density at radius 2 is 1.69 bits per heavy atom. The van der Waals surface area contributed by atoms with Gasteiger partial charge < -0.3 is 4.57 Å². The van der Waals surface area contributed by atoms with Crippen LogP contribution < -0.4 is 5.62 Å². The van der Waals surface area contributed by atoms with Crippen molar-refractivity contribution in [1.82, 2.24) is 9.13 Å². The predicted molar refractivity (Wildman–Crippen MR) is 114 cm³/mol. The minimum absolute atomic E-state index is 0.595. The fraction of sp³-hybridized carbons (Fsp3) is 0.304. The van der Waals surface area contributed by atoms with E-state index in [2.05, 4.69) is 70.5 Å². The van der Waals surface area contributed by atoms with Crippen LogP contribution in [0.15, 0.2) is 64.2 Å². The molecular weight excluding hydrogens is 360 g/mol. The van der Waals surface area contributed by atoms with Crippen molar-refractivity contribution >= 4 is 5.69 Å². The Morgan fingerprint density at radius 1 is 1.00 bits per heavy atom. The molecule has 148 valence electrons. The largest absolute Gasteiger partial charge is 0.315 e. The van der Waals surface area contributed by atoms with Crippen molar-refractivity contribution in [2.75, 3.05) is 0 Å². The maximum Gasteiger partial charge on any atom is 0.236 e. The Bertz CT molecular complexity index is 1100. The van der Waals surface area contributed by atoms with Gasteiger partial charge in [0.05, 0.1) is 23.0 Å². The van der Waals surface area contributed by atoms with Crippen LogP contribution >= 0.6 is 0 Å². The highest BCUT2D eigenvalue weighted by Crippen LogP contribution is 2.20. The van der Waals surface area contributed by atoms with Crippen LogP contribution in [0, 0.1) is 32.1 Å². The maximum atomic E-state index is 8.90. The van der Waals surface area contributed by atoms with Crippen molar-refractivity contribution in [2.24, 2.45) is 15.4 Å². The zero-order valence-corrected chi connectivity index (χ0v) is 17.4. The summed E-state index contributed by atoms with van der Waals surface area (Å²) in [5.41, 5.74) is 6.76. The van der Waals surface area contributed by atoms with Crippen molar-refractivity contribution in [3.8, 4) is 11.8 Å². The molecule has 3 rings (SSSR count). The lowest BCUT2D eigenvalue weighted by Gasteiger charge is -2.12. The van der Waals surface area contributed by atoms with Gasteiger partial charge in [0, 0.05) is 18.9 Å². The summed E-state index contributed by atoms with van der Waals surface area (Å²) in [6.45, 7) is 9.39. The van der Waals surface area contributed by atoms with E-state index in [4.69, 9.17) is 5.26 Å². The molecule has 3 aromatic rings. The number of nitrogens with zero attached hydrogens (tertiary/aromatic N) is 6. The van der Waals surface area contributed by atoms with Gasteiger partial charge in [-0.1, -0.05) is 36.1 Å². The molecule has 1 heterocycles. The number of aryl methyl sites for hydroxylation is 4. The van der Waals surface area contributed by atoms with Gasteiger partial charge in [-0.05, 0) is 67.8 Å². The molecule has 0 amide bonds. The zero-order valence-electron chi connectivity index (χ0n) is 17.4. The Kier molecular flexibility index (Phi) is 6.40. The first-order chi connectivity index (χ1) is 14.0. The summed E-state index contributed by atoms with van der Waals surface area (Å²) in [7, 11) is 0. The van der Waals surface area contributed by atoms with Crippen LogP contribution in [0.3, 0.4) is 0 Å². The second-order valence-electron chi connectivity index (χ2n) is 7.21. The number of hydrogen-bond acceptors (Lipinski definition) is 3. The molecule has 6 heteroatoms. The minimum Gasteiger partial charge on any atom is -0.315 e. The van der Waals surface area contributed by atoms with E-state index in [0.717, 1.165) is 30.7 Å². The molecule has 0 saturated carbocycles. The number of nitriles is 1. The molecule has 0 aliphatic heterocycles. The molecule has 0 aliphatic carbocycles. The van der Waals surface area contributed by atoms with Gasteiger partial charge in [-0.25, -0.2) is 0 Å². The normalized spacial score (nSPS) is 11.9. The standard InChI is InChI=1S/C23H26N6/c1-5-6-11-28-12-13-29(22-18(3)14-17(2)15-19(22)4)23(28)26-27-25-21-9-7-20(16-24)8-10-21/h7-10,12-15H,5-6,11H2,1-4H3/b26-23-,27-25?. The van der Waals surface area contributed by atoms with E-state index in [-0.39, 0.29) is 0 Å². The van der Waals surface area contributed by atoms with Crippen molar-refractivity contribution in [2.45, 2.75) is 47.1 Å². The van der Waals surface area contributed by atoms with Gasteiger partial charge in [0.1, 0.15) is 0 Å². The van der Waals surface area contributed by atoms with E-state index >= 15 is 0 Å². The molecule has 29 heavy (non-hydrogen) atoms. The van der Waals surface area contributed by atoms with Crippen LogP contribution in [0.2, 0.25) is 0 Å². The summed E-state index contributed by atoms with van der Waals surface area (Å²) in [6.07, 6.45) is 6.25. The fourth-order valence-corrected chi connectivity index (χ4v) is 3.47. The zero-order chi connectivity index (χ0) is 20.8. The summed E-state index contributed by atoms with van der Waals surface area (Å²) in [5.74, 6) is 0. The van der Waals surface area contributed by atoms with Gasteiger partial charge in [0.25, 0.3) is 0 Å². The Hall–Kier alpha value is -3.46. The molecule has 0 fully saturated rings. The third kappa shape index (κ3) is 4.69. The number of imidazole rings is 1. The first-order valence-corrected chi connectivity index (χ1v) is 9.84. The van der Waals surface area contributed by atoms with Gasteiger partial charge in [-0.3, -0.25) is 4.57 Å². The second kappa shape index (κ2) is 9.16. The van der Waals surface area contributed by atoms with Gasteiger partial charge in [0.15, 0.2) is 0 Å². The molecule has 0 spiro atoms. The molecular formula is C23H26N6. The van der Waals surface area contributed by atoms with E-state index in [1.807, 2.05) is 12.4 Å². The molecule has 0 atom stereocenters. The molecule has 0 saturated heterocycles.